The van der Waals surface area contributed by atoms with E-state index in [4.69, 9.17) is 5.26 Å². The monoisotopic (exact) mass is 73.0 g/mol. The fourth-order valence-electron chi connectivity index (χ4n) is 0. The van der Waals surface area contributed by atoms with Crippen LogP contribution in [-0.2, 0) is 0 Å². The lowest BCUT2D eigenvalue weighted by molar-refractivity contribution is 1.46. The van der Waals surface area contributed by atoms with Gasteiger partial charge in [-0.2, -0.15) is 5.26 Å². The van der Waals surface area contributed by atoms with E-state index < -0.39 is 0 Å². The molecule has 0 aromatic heterocycles. The molecule has 0 fully saturated rings. The molecule has 0 N–H and O–H groups in total. The molecular formula is CH2N2P+. The molecular weight excluding hydrogens is 71.0 g/mol. The Balaban J connectivity index is 2.92. The Morgan fingerprint density at radius 1 is 2.00 bits per heavy atom. The molecule has 0 rings (SSSR count). The number of nitriles is 1. The summed E-state index contributed by atoms with van der Waals surface area (Å²) in [6, 6.07) is 0. The van der Waals surface area contributed by atoms with Gasteiger partial charge in [0.2, 0.25) is 6.19 Å². The fraction of sp³-hybridized carbons (Fsp3) is 0. The molecule has 20 valence electrons. The van der Waals surface area contributed by atoms with Crippen LogP contribution in [0.5, 0.6) is 0 Å². The van der Waals surface area contributed by atoms with Crippen LogP contribution in [0.15, 0.2) is 4.74 Å². The molecule has 0 spiro atoms. The first-order valence-corrected chi connectivity index (χ1v) is 1.22. The first kappa shape index (κ1) is 3.59. The van der Waals surface area contributed by atoms with E-state index in [1.165, 1.54) is 6.19 Å². The van der Waals surface area contributed by atoms with Crippen LogP contribution in [-0.4, -0.2) is 0 Å². The van der Waals surface area contributed by atoms with Crippen LogP contribution < -0.4 is 0 Å². The lowest BCUT2D eigenvalue weighted by Gasteiger charge is -1.22. The zero-order chi connectivity index (χ0) is 3.41. The smallest absolute Gasteiger partial charge is 0.167 e. The largest absolute Gasteiger partial charge is 0.248 e. The lowest BCUT2D eigenvalue weighted by Crippen LogP contribution is -1.18. The second kappa shape index (κ2) is 2.59. The van der Waals surface area contributed by atoms with E-state index in [-0.39, 0.29) is 0 Å². The Morgan fingerprint density at radius 2 is 2.25 bits per heavy atom. The second-order valence-corrected chi connectivity index (χ2v) is 0.487. The maximum absolute atomic E-state index is 7.44. The van der Waals surface area contributed by atoms with Crippen LogP contribution >= 0.6 is 9.03 Å². The van der Waals surface area contributed by atoms with Gasteiger partial charge in [-0.3, -0.25) is 0 Å². The van der Waals surface area contributed by atoms with Crippen LogP contribution in [0.4, 0.5) is 0 Å². The van der Waals surface area contributed by atoms with E-state index in [9.17, 15) is 0 Å². The van der Waals surface area contributed by atoms with Gasteiger partial charge in [0.05, 0.1) is 0 Å². The summed E-state index contributed by atoms with van der Waals surface area (Å²) < 4.78 is 2.96. The van der Waals surface area contributed by atoms with Gasteiger partial charge in [-0.15, -0.1) is 0 Å². The van der Waals surface area contributed by atoms with Crippen molar-refractivity contribution in [3.05, 3.63) is 0 Å². The minimum absolute atomic E-state index is 1.52. The zero-order valence-electron chi connectivity index (χ0n) is 1.97. The standard InChI is InChI=1S/CHN2P/c2-1-3-4/h4H/p+1. The summed E-state index contributed by atoms with van der Waals surface area (Å²) in [6.45, 7) is 0. The molecule has 1 unspecified atom stereocenters. The van der Waals surface area contributed by atoms with Crippen molar-refractivity contribution in [3.8, 4) is 6.19 Å². The third kappa shape index (κ3) is 1.59. The van der Waals surface area contributed by atoms with Crippen molar-refractivity contribution in [1.29, 1.82) is 5.26 Å². The highest BCUT2D eigenvalue weighted by molar-refractivity contribution is 7.04. The molecule has 0 saturated heterocycles. The Kier molecular flexibility index (Phi) is 2.32. The number of nitrogens with zero attached hydrogens (tertiary/aromatic N) is 2. The molecule has 1 atom stereocenters. The van der Waals surface area contributed by atoms with Crippen LogP contribution in [0.1, 0.15) is 0 Å². The maximum atomic E-state index is 7.44. The molecule has 4 heavy (non-hydrogen) atoms. The average Bonchev–Trinajstić information content (AvgIpc) is 1.37. The summed E-state index contributed by atoms with van der Waals surface area (Å²) in [5.74, 6) is 0. The minimum atomic E-state index is 1.52. The Labute approximate surface area is 26.4 Å². The molecule has 2 nitrogen and oxygen atoms in total. The van der Waals surface area contributed by atoms with Gasteiger partial charge in [0.1, 0.15) is 0 Å². The summed E-state index contributed by atoms with van der Waals surface area (Å²) in [4.78, 5) is 0. The molecule has 0 bridgehead atoms. The normalized spacial score (nSPS) is 3.75. The van der Waals surface area contributed by atoms with E-state index in [1.807, 2.05) is 9.03 Å². The van der Waals surface area contributed by atoms with Gasteiger partial charge >= 0.3 is 0 Å². The predicted octanol–water partition coefficient (Wildman–Crippen LogP) is 0.526. The van der Waals surface area contributed by atoms with Crippen LogP contribution in [0, 0.1) is 11.5 Å². The summed E-state index contributed by atoms with van der Waals surface area (Å²) in [5.41, 5.74) is 0. The maximum Gasteiger partial charge on any atom is 0.248 e. The lowest BCUT2D eigenvalue weighted by atomic mass is 11.5. The molecule has 0 aromatic carbocycles. The summed E-state index contributed by atoms with van der Waals surface area (Å²) in [5, 5.41) is 7.44. The van der Waals surface area contributed by atoms with Crippen molar-refractivity contribution in [2.45, 2.75) is 0 Å². The molecule has 0 aromatic rings. The highest BCUT2D eigenvalue weighted by Crippen LogP contribution is 1.59. The van der Waals surface area contributed by atoms with E-state index >= 15 is 0 Å². The quantitative estimate of drug-likeness (QED) is 0.304. The Hall–Kier alpha value is -0.410. The van der Waals surface area contributed by atoms with Gasteiger partial charge in [-0.1, -0.05) is 0 Å². The van der Waals surface area contributed by atoms with Crippen molar-refractivity contribution in [1.82, 2.24) is 0 Å². The summed E-state index contributed by atoms with van der Waals surface area (Å²) >= 11 is 0. The highest BCUT2D eigenvalue weighted by Gasteiger charge is 1.43. The van der Waals surface area contributed by atoms with Crippen molar-refractivity contribution in [2.75, 3.05) is 0 Å². The van der Waals surface area contributed by atoms with Gasteiger partial charge in [-0.05, 0) is 0 Å². The topological polar surface area (TPSA) is 36.1 Å². The first-order valence-electron chi connectivity index (χ1n) is 0.705. The molecule has 0 aliphatic carbocycles. The van der Waals surface area contributed by atoms with Crippen LogP contribution in [0.2, 0.25) is 0 Å². The van der Waals surface area contributed by atoms with Crippen molar-refractivity contribution >= 4 is 9.03 Å². The van der Waals surface area contributed by atoms with Crippen LogP contribution in [0.3, 0.4) is 0 Å². The van der Waals surface area contributed by atoms with Gasteiger partial charge in [0, 0.05) is 4.74 Å². The van der Waals surface area contributed by atoms with E-state index in [1.54, 1.807) is 0 Å². The number of hydrogen-bond donors (Lipinski definition) is 0. The molecule has 0 aliphatic rings. The predicted molar refractivity (Wildman–Crippen MR) is 17.8 cm³/mol. The Morgan fingerprint density at radius 3 is 2.25 bits per heavy atom. The number of rotatable bonds is 0. The van der Waals surface area contributed by atoms with Gasteiger partial charge in [0.25, 0.3) is 0 Å². The zero-order valence-corrected chi connectivity index (χ0v) is 3.13. The fourth-order valence-corrected chi connectivity index (χ4v) is 0. The third-order valence-corrected chi connectivity index (χ3v) is 0.173. The molecule has 3 heteroatoms. The molecule has 0 radical (unpaired) electrons. The second-order valence-electron chi connectivity index (χ2n) is 0.229. The molecule has 0 saturated carbocycles. The third-order valence-electron chi connectivity index (χ3n) is 0.0577. The van der Waals surface area contributed by atoms with Gasteiger partial charge in [-0.25, -0.2) is 0 Å². The molecule has 0 heterocycles. The van der Waals surface area contributed by atoms with E-state index in [2.05, 4.69) is 4.74 Å². The minimum Gasteiger partial charge on any atom is -0.167 e. The molecule has 0 aliphatic heterocycles. The van der Waals surface area contributed by atoms with Crippen molar-refractivity contribution < 1.29 is 0 Å². The average molecular weight is 73.0 g/mol. The molecule has 0 amide bonds. The summed E-state index contributed by atoms with van der Waals surface area (Å²) in [7, 11) is 1.92. The van der Waals surface area contributed by atoms with Crippen molar-refractivity contribution in [2.24, 2.45) is 4.74 Å². The summed E-state index contributed by atoms with van der Waals surface area (Å²) in [6.07, 6.45) is 1.52. The first-order chi connectivity index (χ1) is 1.91. The number of hydrogen-bond acceptors (Lipinski definition) is 2. The van der Waals surface area contributed by atoms with E-state index in [0.29, 0.717) is 0 Å². The van der Waals surface area contributed by atoms with Gasteiger partial charge in [0.15, 0.2) is 9.03 Å². The van der Waals surface area contributed by atoms with Crippen molar-refractivity contribution in [3.63, 3.8) is 0 Å². The van der Waals surface area contributed by atoms with Gasteiger partial charge < -0.3 is 0 Å². The highest BCUT2D eigenvalue weighted by atomic mass is 31.0. The van der Waals surface area contributed by atoms with E-state index in [0.717, 1.165) is 0 Å². The Bertz CT molecular complexity index is 51.5. The SMILES string of the molecule is N#CN=[PH2+]. The van der Waals surface area contributed by atoms with Crippen LogP contribution in [0.25, 0.3) is 0 Å².